The highest BCUT2D eigenvalue weighted by atomic mass is 16.5. The fourth-order valence-corrected chi connectivity index (χ4v) is 1.55. The van der Waals surface area contributed by atoms with E-state index in [9.17, 15) is 4.79 Å². The molecule has 1 aliphatic rings. The Labute approximate surface area is 88.4 Å². The van der Waals surface area contributed by atoms with Crippen LogP contribution in [0.15, 0.2) is 12.1 Å². The Morgan fingerprint density at radius 2 is 2.33 bits per heavy atom. The quantitative estimate of drug-likeness (QED) is 0.803. The molecule has 0 atom stereocenters. The van der Waals surface area contributed by atoms with Gasteiger partial charge >= 0.3 is 0 Å². The van der Waals surface area contributed by atoms with Gasteiger partial charge in [0, 0.05) is 0 Å². The number of methoxy groups -OCH3 is 1. The molecule has 0 saturated heterocycles. The van der Waals surface area contributed by atoms with E-state index in [-0.39, 0.29) is 0 Å². The summed E-state index contributed by atoms with van der Waals surface area (Å²) in [6.07, 6.45) is 3.36. The number of amides is 1. The molecule has 0 radical (unpaired) electrons. The highest BCUT2D eigenvalue weighted by Gasteiger charge is 2.24. The standard InChI is InChI=1S/C11H14N2O2/c1-15-10-5-4-8(11(12)14)13-9(10)6-7-2-3-7/h4-5,7H,2-3,6H2,1H3,(H2,12,14). The maximum atomic E-state index is 11.0. The van der Waals surface area contributed by atoms with Gasteiger partial charge in [0.15, 0.2) is 0 Å². The number of primary amides is 1. The number of carbonyl (C=O) groups is 1. The molecule has 4 heteroatoms. The van der Waals surface area contributed by atoms with Crippen molar-refractivity contribution in [2.45, 2.75) is 19.3 Å². The molecule has 0 unspecified atom stereocenters. The molecule has 80 valence electrons. The number of rotatable bonds is 4. The Hall–Kier alpha value is -1.58. The third-order valence-corrected chi connectivity index (χ3v) is 2.58. The molecule has 4 nitrogen and oxygen atoms in total. The van der Waals surface area contributed by atoms with Gasteiger partial charge in [-0.3, -0.25) is 4.79 Å². The molecule has 1 aliphatic carbocycles. The smallest absolute Gasteiger partial charge is 0.267 e. The van der Waals surface area contributed by atoms with Crippen LogP contribution in [0.25, 0.3) is 0 Å². The largest absolute Gasteiger partial charge is 0.495 e. The van der Waals surface area contributed by atoms with Gasteiger partial charge in [0.25, 0.3) is 5.91 Å². The van der Waals surface area contributed by atoms with Gasteiger partial charge in [-0.15, -0.1) is 0 Å². The topological polar surface area (TPSA) is 65.2 Å². The van der Waals surface area contributed by atoms with Crippen molar-refractivity contribution in [1.82, 2.24) is 4.98 Å². The van der Waals surface area contributed by atoms with Crippen LogP contribution in [0.3, 0.4) is 0 Å². The molecule has 0 spiro atoms. The van der Waals surface area contributed by atoms with Crippen LogP contribution in [0.4, 0.5) is 0 Å². The lowest BCUT2D eigenvalue weighted by Crippen LogP contribution is -2.14. The molecule has 1 aromatic rings. The number of ether oxygens (including phenoxy) is 1. The monoisotopic (exact) mass is 206 g/mol. The number of aromatic nitrogens is 1. The van der Waals surface area contributed by atoms with E-state index < -0.39 is 5.91 Å². The van der Waals surface area contributed by atoms with Crippen LogP contribution in [0, 0.1) is 5.92 Å². The van der Waals surface area contributed by atoms with Crippen LogP contribution in [0.2, 0.25) is 0 Å². The lowest BCUT2D eigenvalue weighted by atomic mass is 10.1. The minimum Gasteiger partial charge on any atom is -0.495 e. The fraction of sp³-hybridized carbons (Fsp3) is 0.455. The maximum Gasteiger partial charge on any atom is 0.267 e. The van der Waals surface area contributed by atoms with Crippen molar-refractivity contribution in [3.8, 4) is 5.75 Å². The van der Waals surface area contributed by atoms with E-state index >= 15 is 0 Å². The van der Waals surface area contributed by atoms with Crippen LogP contribution in [-0.4, -0.2) is 18.0 Å². The third-order valence-electron chi connectivity index (χ3n) is 2.58. The summed E-state index contributed by atoms with van der Waals surface area (Å²) in [6, 6.07) is 3.35. The summed E-state index contributed by atoms with van der Waals surface area (Å²) >= 11 is 0. The zero-order valence-corrected chi connectivity index (χ0v) is 8.69. The molecule has 1 aromatic heterocycles. The second-order valence-corrected chi connectivity index (χ2v) is 3.86. The lowest BCUT2D eigenvalue weighted by molar-refractivity contribution is 0.0995. The molecule has 2 N–H and O–H groups in total. The van der Waals surface area contributed by atoms with Gasteiger partial charge in [0.05, 0.1) is 12.8 Å². The minimum atomic E-state index is -0.491. The number of carbonyl (C=O) groups excluding carboxylic acids is 1. The number of hydrogen-bond donors (Lipinski definition) is 1. The average Bonchev–Trinajstić information content (AvgIpc) is 3.01. The third kappa shape index (κ3) is 2.26. The molecule has 0 aliphatic heterocycles. The highest BCUT2D eigenvalue weighted by molar-refractivity contribution is 5.90. The van der Waals surface area contributed by atoms with Crippen molar-refractivity contribution in [2.75, 3.05) is 7.11 Å². The van der Waals surface area contributed by atoms with Crippen LogP contribution in [0.1, 0.15) is 29.0 Å². The number of nitrogens with zero attached hydrogens (tertiary/aromatic N) is 1. The first kappa shape index (κ1) is 9.96. The van der Waals surface area contributed by atoms with Gasteiger partial charge in [-0.25, -0.2) is 4.98 Å². The molecule has 1 fully saturated rings. The van der Waals surface area contributed by atoms with E-state index in [1.165, 1.54) is 12.8 Å². The molecular weight excluding hydrogens is 192 g/mol. The van der Waals surface area contributed by atoms with Gasteiger partial charge in [0.1, 0.15) is 11.4 Å². The van der Waals surface area contributed by atoms with Gasteiger partial charge in [-0.1, -0.05) is 0 Å². The van der Waals surface area contributed by atoms with Gasteiger partial charge in [-0.2, -0.15) is 0 Å². The summed E-state index contributed by atoms with van der Waals surface area (Å²) in [5.41, 5.74) is 6.33. The summed E-state index contributed by atoms with van der Waals surface area (Å²) in [7, 11) is 1.61. The van der Waals surface area contributed by atoms with E-state index in [1.54, 1.807) is 19.2 Å². The average molecular weight is 206 g/mol. The molecular formula is C11H14N2O2. The summed E-state index contributed by atoms with van der Waals surface area (Å²) in [5.74, 6) is 0.955. The molecule has 2 rings (SSSR count). The molecule has 1 heterocycles. The highest BCUT2D eigenvalue weighted by Crippen LogP contribution is 2.34. The van der Waals surface area contributed by atoms with Crippen LogP contribution < -0.4 is 10.5 Å². The van der Waals surface area contributed by atoms with E-state index in [4.69, 9.17) is 10.5 Å². The zero-order valence-electron chi connectivity index (χ0n) is 8.69. The number of nitrogens with two attached hydrogens (primary N) is 1. The molecule has 0 aromatic carbocycles. The molecule has 15 heavy (non-hydrogen) atoms. The Bertz CT molecular complexity index is 386. The van der Waals surface area contributed by atoms with Crippen molar-refractivity contribution < 1.29 is 9.53 Å². The molecule has 1 amide bonds. The van der Waals surface area contributed by atoms with Crippen molar-refractivity contribution in [3.63, 3.8) is 0 Å². The fourth-order valence-electron chi connectivity index (χ4n) is 1.55. The summed E-state index contributed by atoms with van der Waals surface area (Å²) in [6.45, 7) is 0. The predicted octanol–water partition coefficient (Wildman–Crippen LogP) is 1.14. The summed E-state index contributed by atoms with van der Waals surface area (Å²) in [5, 5.41) is 0. The first-order valence-corrected chi connectivity index (χ1v) is 5.04. The second kappa shape index (κ2) is 3.88. The van der Waals surface area contributed by atoms with Crippen LogP contribution >= 0.6 is 0 Å². The predicted molar refractivity (Wildman–Crippen MR) is 55.7 cm³/mol. The summed E-state index contributed by atoms with van der Waals surface area (Å²) < 4.78 is 5.19. The Balaban J connectivity index is 2.28. The van der Waals surface area contributed by atoms with Crippen LogP contribution in [0.5, 0.6) is 5.75 Å². The first-order valence-electron chi connectivity index (χ1n) is 5.04. The van der Waals surface area contributed by atoms with E-state index in [2.05, 4.69) is 4.98 Å². The van der Waals surface area contributed by atoms with Gasteiger partial charge in [0.2, 0.25) is 0 Å². The van der Waals surface area contributed by atoms with Gasteiger partial charge < -0.3 is 10.5 Å². The number of pyridine rings is 1. The SMILES string of the molecule is COc1ccc(C(N)=O)nc1CC1CC1. The summed E-state index contributed by atoms with van der Waals surface area (Å²) in [4.78, 5) is 15.2. The van der Waals surface area contributed by atoms with Crippen molar-refractivity contribution in [1.29, 1.82) is 0 Å². The normalized spacial score (nSPS) is 15.0. The lowest BCUT2D eigenvalue weighted by Gasteiger charge is -2.07. The minimum absolute atomic E-state index is 0.312. The number of hydrogen-bond acceptors (Lipinski definition) is 3. The van der Waals surface area contributed by atoms with Crippen LogP contribution in [-0.2, 0) is 6.42 Å². The van der Waals surface area contributed by atoms with E-state index in [1.807, 2.05) is 0 Å². The Morgan fingerprint density at radius 3 is 2.87 bits per heavy atom. The zero-order chi connectivity index (χ0) is 10.8. The molecule has 1 saturated carbocycles. The van der Waals surface area contributed by atoms with Crippen molar-refractivity contribution in [3.05, 3.63) is 23.5 Å². The van der Waals surface area contributed by atoms with E-state index in [0.29, 0.717) is 11.6 Å². The Kier molecular flexibility index (Phi) is 2.58. The van der Waals surface area contributed by atoms with E-state index in [0.717, 1.165) is 17.9 Å². The first-order chi connectivity index (χ1) is 7.20. The van der Waals surface area contributed by atoms with Gasteiger partial charge in [-0.05, 0) is 37.3 Å². The Morgan fingerprint density at radius 1 is 1.60 bits per heavy atom. The maximum absolute atomic E-state index is 11.0. The van der Waals surface area contributed by atoms with Crippen molar-refractivity contribution >= 4 is 5.91 Å². The molecule has 0 bridgehead atoms. The second-order valence-electron chi connectivity index (χ2n) is 3.86. The van der Waals surface area contributed by atoms with Crippen molar-refractivity contribution in [2.24, 2.45) is 11.7 Å².